The van der Waals surface area contributed by atoms with Gasteiger partial charge in [-0.1, -0.05) is 18.2 Å². The molecule has 3 aromatic rings. The fraction of sp³-hybridized carbons (Fsp3) is 0.280. The van der Waals surface area contributed by atoms with Crippen molar-refractivity contribution in [1.82, 2.24) is 9.80 Å². The molecule has 0 atom stereocenters. The van der Waals surface area contributed by atoms with Gasteiger partial charge in [0.25, 0.3) is 11.8 Å². The van der Waals surface area contributed by atoms with Crippen molar-refractivity contribution in [2.24, 2.45) is 0 Å². The molecule has 0 radical (unpaired) electrons. The Balaban J connectivity index is 1.26. The van der Waals surface area contributed by atoms with E-state index in [4.69, 9.17) is 0 Å². The summed E-state index contributed by atoms with van der Waals surface area (Å²) < 4.78 is 38.4. The van der Waals surface area contributed by atoms with E-state index in [9.17, 15) is 22.8 Å². The smallest absolute Gasteiger partial charge is 0.368 e. The minimum absolute atomic E-state index is 0.260. The number of carbonyl (C=O) groups is 2. The molecule has 1 fully saturated rings. The van der Waals surface area contributed by atoms with Crippen LogP contribution in [0.5, 0.6) is 0 Å². The van der Waals surface area contributed by atoms with Crippen LogP contribution in [0.15, 0.2) is 59.3 Å². The standard InChI is InChI=1S/C25H22F3N3O2S/c26-25(27,28)19-6-4-17(5-7-19)14-29-9-11-30(12-10-29)21-3-1-2-20-22(21)24(33)31(23(20)32)15-18-8-13-34-16-18/h1-8,13,16H,9-12,14-15H2. The number of piperazine rings is 1. The van der Waals surface area contributed by atoms with Crippen molar-refractivity contribution in [3.05, 3.63) is 87.1 Å². The number of fused-ring (bicyclic) bond motifs is 1. The van der Waals surface area contributed by atoms with Gasteiger partial charge in [-0.05, 0) is 52.2 Å². The fourth-order valence-electron chi connectivity index (χ4n) is 4.49. The predicted octanol–water partition coefficient (Wildman–Crippen LogP) is 4.89. The molecule has 1 saturated heterocycles. The van der Waals surface area contributed by atoms with Crippen LogP contribution in [0, 0.1) is 0 Å². The number of carbonyl (C=O) groups excluding carboxylic acids is 2. The minimum Gasteiger partial charge on any atom is -0.368 e. The third-order valence-electron chi connectivity index (χ3n) is 6.30. The average Bonchev–Trinajstić information content (AvgIpc) is 3.42. The van der Waals surface area contributed by atoms with Crippen LogP contribution >= 0.6 is 11.3 Å². The van der Waals surface area contributed by atoms with Gasteiger partial charge in [0.1, 0.15) is 0 Å². The normalized spacial score (nSPS) is 16.9. The summed E-state index contributed by atoms with van der Waals surface area (Å²) in [4.78, 5) is 31.7. The molecule has 2 amide bonds. The SMILES string of the molecule is O=C1c2cccc(N3CCN(Cc4ccc(C(F)(F)F)cc4)CC3)c2C(=O)N1Cc1ccsc1. The van der Waals surface area contributed by atoms with Gasteiger partial charge in [0, 0.05) is 32.7 Å². The van der Waals surface area contributed by atoms with Gasteiger partial charge in [0.15, 0.2) is 0 Å². The molecule has 0 N–H and O–H groups in total. The Bertz CT molecular complexity index is 1200. The monoisotopic (exact) mass is 485 g/mol. The highest BCUT2D eigenvalue weighted by atomic mass is 32.1. The fourth-order valence-corrected chi connectivity index (χ4v) is 5.15. The van der Waals surface area contributed by atoms with Gasteiger partial charge in [0.2, 0.25) is 0 Å². The van der Waals surface area contributed by atoms with Crippen LogP contribution in [0.25, 0.3) is 0 Å². The van der Waals surface area contributed by atoms with E-state index in [1.54, 1.807) is 6.07 Å². The average molecular weight is 486 g/mol. The van der Waals surface area contributed by atoms with Crippen LogP contribution in [-0.2, 0) is 19.3 Å². The second-order valence-corrected chi connectivity index (χ2v) is 9.27. The van der Waals surface area contributed by atoms with Crippen LogP contribution in [0.4, 0.5) is 18.9 Å². The predicted molar refractivity (Wildman–Crippen MR) is 124 cm³/mol. The number of nitrogens with zero attached hydrogens (tertiary/aromatic N) is 3. The van der Waals surface area contributed by atoms with E-state index in [1.807, 2.05) is 29.0 Å². The summed E-state index contributed by atoms with van der Waals surface area (Å²) in [6.07, 6.45) is -4.34. The molecule has 2 aliphatic heterocycles. The number of hydrogen-bond acceptors (Lipinski definition) is 5. The Labute approximate surface area is 199 Å². The molecule has 0 saturated carbocycles. The van der Waals surface area contributed by atoms with Crippen molar-refractivity contribution < 1.29 is 22.8 Å². The number of alkyl halides is 3. The number of rotatable bonds is 5. The molecule has 176 valence electrons. The summed E-state index contributed by atoms with van der Waals surface area (Å²) in [7, 11) is 0. The van der Waals surface area contributed by atoms with Crippen LogP contribution in [0.1, 0.15) is 37.4 Å². The van der Waals surface area contributed by atoms with E-state index in [-0.39, 0.29) is 18.4 Å². The molecule has 3 heterocycles. The molecule has 34 heavy (non-hydrogen) atoms. The van der Waals surface area contributed by atoms with Gasteiger partial charge >= 0.3 is 6.18 Å². The first-order chi connectivity index (χ1) is 16.3. The summed E-state index contributed by atoms with van der Waals surface area (Å²) in [6.45, 7) is 3.53. The highest BCUT2D eigenvalue weighted by Crippen LogP contribution is 2.34. The highest BCUT2D eigenvalue weighted by Gasteiger charge is 2.38. The zero-order valence-corrected chi connectivity index (χ0v) is 19.0. The largest absolute Gasteiger partial charge is 0.416 e. The van der Waals surface area contributed by atoms with Gasteiger partial charge in [-0.2, -0.15) is 24.5 Å². The maximum Gasteiger partial charge on any atom is 0.416 e. The van der Waals surface area contributed by atoms with E-state index in [2.05, 4.69) is 9.80 Å². The molecular formula is C25H22F3N3O2S. The lowest BCUT2D eigenvalue weighted by molar-refractivity contribution is -0.137. The first-order valence-electron chi connectivity index (χ1n) is 10.9. The van der Waals surface area contributed by atoms with Crippen LogP contribution in [0.2, 0.25) is 0 Å². The Morgan fingerprint density at radius 2 is 1.56 bits per heavy atom. The third kappa shape index (κ3) is 4.33. The molecular weight excluding hydrogens is 463 g/mol. The lowest BCUT2D eigenvalue weighted by atomic mass is 10.1. The lowest BCUT2D eigenvalue weighted by Gasteiger charge is -2.36. The number of anilines is 1. The Morgan fingerprint density at radius 3 is 2.21 bits per heavy atom. The van der Waals surface area contributed by atoms with E-state index in [0.717, 1.165) is 28.9 Å². The molecule has 2 aromatic carbocycles. The first kappa shape index (κ1) is 22.6. The summed E-state index contributed by atoms with van der Waals surface area (Å²) in [5.74, 6) is -0.539. The number of amides is 2. The Morgan fingerprint density at radius 1 is 0.824 bits per heavy atom. The molecule has 1 aromatic heterocycles. The van der Waals surface area contributed by atoms with Gasteiger partial charge in [0.05, 0.1) is 28.9 Å². The summed E-state index contributed by atoms with van der Waals surface area (Å²) in [6, 6.07) is 12.6. The van der Waals surface area contributed by atoms with Crippen molar-refractivity contribution in [3.63, 3.8) is 0 Å². The number of thiophene rings is 1. The van der Waals surface area contributed by atoms with Crippen molar-refractivity contribution >= 4 is 28.8 Å². The molecule has 0 unspecified atom stereocenters. The number of benzene rings is 2. The first-order valence-corrected chi connectivity index (χ1v) is 11.9. The Hall–Kier alpha value is -3.17. The minimum atomic E-state index is -4.34. The quantitative estimate of drug-likeness (QED) is 0.483. The molecule has 2 aliphatic rings. The van der Waals surface area contributed by atoms with Crippen LogP contribution in [-0.4, -0.2) is 47.8 Å². The summed E-state index contributed by atoms with van der Waals surface area (Å²) >= 11 is 1.53. The molecule has 5 rings (SSSR count). The topological polar surface area (TPSA) is 43.9 Å². The van der Waals surface area contributed by atoms with Gasteiger partial charge in [-0.25, -0.2) is 0 Å². The second-order valence-electron chi connectivity index (χ2n) is 8.49. The molecule has 0 aliphatic carbocycles. The molecule has 5 nitrogen and oxygen atoms in total. The Kier molecular flexibility index (Phi) is 5.91. The zero-order chi connectivity index (χ0) is 23.9. The van der Waals surface area contributed by atoms with Crippen molar-refractivity contribution in [2.75, 3.05) is 31.1 Å². The maximum atomic E-state index is 13.2. The van der Waals surface area contributed by atoms with Crippen LogP contribution in [0.3, 0.4) is 0 Å². The molecule has 0 bridgehead atoms. The number of imide groups is 1. The van der Waals surface area contributed by atoms with E-state index < -0.39 is 11.7 Å². The number of hydrogen-bond donors (Lipinski definition) is 0. The van der Waals surface area contributed by atoms with Crippen molar-refractivity contribution in [3.8, 4) is 0 Å². The highest BCUT2D eigenvalue weighted by molar-refractivity contribution is 7.07. The molecule has 0 spiro atoms. The van der Waals surface area contributed by atoms with Gasteiger partial charge in [-0.3, -0.25) is 19.4 Å². The third-order valence-corrected chi connectivity index (χ3v) is 7.03. The summed E-state index contributed by atoms with van der Waals surface area (Å²) in [5.41, 5.74) is 2.76. The number of halogens is 3. The van der Waals surface area contributed by atoms with E-state index >= 15 is 0 Å². The second kappa shape index (κ2) is 8.88. The summed E-state index contributed by atoms with van der Waals surface area (Å²) in [5, 5.41) is 3.85. The van der Waals surface area contributed by atoms with Crippen LogP contribution < -0.4 is 4.90 Å². The van der Waals surface area contributed by atoms with Gasteiger partial charge in [-0.15, -0.1) is 0 Å². The van der Waals surface area contributed by atoms with Crippen molar-refractivity contribution in [2.45, 2.75) is 19.3 Å². The maximum absolute atomic E-state index is 13.2. The zero-order valence-electron chi connectivity index (χ0n) is 18.2. The van der Waals surface area contributed by atoms with E-state index in [0.29, 0.717) is 43.9 Å². The van der Waals surface area contributed by atoms with Crippen molar-refractivity contribution in [1.29, 1.82) is 0 Å². The van der Waals surface area contributed by atoms with Gasteiger partial charge < -0.3 is 4.90 Å². The lowest BCUT2D eigenvalue weighted by Crippen LogP contribution is -2.46. The van der Waals surface area contributed by atoms with E-state index in [1.165, 1.54) is 28.4 Å². The molecule has 9 heteroatoms.